The van der Waals surface area contributed by atoms with Gasteiger partial charge in [0.25, 0.3) is 0 Å². The summed E-state index contributed by atoms with van der Waals surface area (Å²) in [4.78, 5) is 142. The fourth-order valence-corrected chi connectivity index (χ4v) is 4.17. The van der Waals surface area contributed by atoms with Gasteiger partial charge in [-0.05, 0) is 32.1 Å². The van der Waals surface area contributed by atoms with Crippen LogP contribution in [-0.2, 0) is 57.5 Å². The van der Waals surface area contributed by atoms with Crippen molar-refractivity contribution in [2.75, 3.05) is 13.1 Å². The third kappa shape index (κ3) is 21.7. The molecule has 0 saturated heterocycles. The maximum Gasteiger partial charge on any atom is 0.326 e. The first-order valence-electron chi connectivity index (χ1n) is 15.9. The maximum absolute atomic E-state index is 13.1. The molecule has 0 fully saturated rings. The van der Waals surface area contributed by atoms with Gasteiger partial charge in [0.1, 0.15) is 24.2 Å². The molecule has 0 aliphatic heterocycles. The lowest BCUT2D eigenvalue weighted by Gasteiger charge is -2.23. The average molecular weight is 778 g/mol. The molecule has 302 valence electrons. The summed E-state index contributed by atoms with van der Waals surface area (Å²) >= 11 is 0. The van der Waals surface area contributed by atoms with Crippen LogP contribution in [0.15, 0.2) is 0 Å². The molecule has 6 amide bonds. The van der Waals surface area contributed by atoms with Gasteiger partial charge in [0.15, 0.2) is 0 Å². The minimum absolute atomic E-state index is 0.266. The van der Waals surface area contributed by atoms with Crippen molar-refractivity contribution in [1.82, 2.24) is 31.9 Å². The summed E-state index contributed by atoms with van der Waals surface area (Å²) in [7, 11) is 0. The maximum atomic E-state index is 13.1. The van der Waals surface area contributed by atoms with Crippen LogP contribution >= 0.6 is 0 Å². The van der Waals surface area contributed by atoms with Gasteiger partial charge in [-0.2, -0.15) is 0 Å². The highest BCUT2D eigenvalue weighted by Gasteiger charge is 2.30. The van der Waals surface area contributed by atoms with Gasteiger partial charge in [-0.25, -0.2) is 4.79 Å². The van der Waals surface area contributed by atoms with Crippen LogP contribution in [0.3, 0.4) is 0 Å². The molecule has 0 aromatic rings. The van der Waals surface area contributed by atoms with Crippen molar-refractivity contribution < 1.29 is 88.2 Å². The second-order valence-electron chi connectivity index (χ2n) is 11.4. The Morgan fingerprint density at radius 2 is 0.685 bits per heavy atom. The largest absolute Gasteiger partial charge is 0.481 e. The fourth-order valence-electron chi connectivity index (χ4n) is 4.17. The Kier molecular flexibility index (Phi) is 21.8. The predicted molar refractivity (Wildman–Crippen MR) is 174 cm³/mol. The minimum atomic E-state index is -1.73. The Hall–Kier alpha value is -6.40. The number of carboxylic acids is 6. The number of hydrogen-bond acceptors (Lipinski definition) is 13. The van der Waals surface area contributed by atoms with Gasteiger partial charge in [0, 0.05) is 32.1 Å². The van der Waals surface area contributed by atoms with Gasteiger partial charge in [0.05, 0.1) is 19.1 Å². The highest BCUT2D eigenvalue weighted by molar-refractivity contribution is 5.96. The van der Waals surface area contributed by atoms with Crippen molar-refractivity contribution in [1.29, 1.82) is 0 Å². The van der Waals surface area contributed by atoms with Crippen molar-refractivity contribution >= 4 is 71.3 Å². The smallest absolute Gasteiger partial charge is 0.326 e. The second kappa shape index (κ2) is 24.7. The van der Waals surface area contributed by atoms with E-state index in [0.717, 1.165) is 0 Å². The lowest BCUT2D eigenvalue weighted by molar-refractivity contribution is -0.144. The zero-order valence-corrected chi connectivity index (χ0v) is 28.5. The monoisotopic (exact) mass is 777 g/mol. The quantitative estimate of drug-likeness (QED) is 0.0353. The molecular formula is C29H43N7O18. The van der Waals surface area contributed by atoms with Crippen LogP contribution < -0.4 is 37.6 Å². The van der Waals surface area contributed by atoms with E-state index in [9.17, 15) is 62.6 Å². The van der Waals surface area contributed by atoms with Crippen LogP contribution in [0.1, 0.15) is 64.2 Å². The number of carbonyl (C=O) groups is 12. The van der Waals surface area contributed by atoms with E-state index in [1.165, 1.54) is 0 Å². The van der Waals surface area contributed by atoms with Crippen LogP contribution in [0.4, 0.5) is 0 Å². The minimum Gasteiger partial charge on any atom is -0.481 e. The first-order chi connectivity index (χ1) is 25.1. The lowest BCUT2D eigenvalue weighted by atomic mass is 10.1. The van der Waals surface area contributed by atoms with Crippen molar-refractivity contribution in [3.63, 3.8) is 0 Å². The number of carbonyl (C=O) groups excluding carboxylic acids is 6. The van der Waals surface area contributed by atoms with Gasteiger partial charge >= 0.3 is 35.8 Å². The molecule has 0 heterocycles. The SMILES string of the molecule is N[C@@H](CCC(=O)O)C(=O)NCC(=O)N[C@@H](CCC(=O)O)C(=O)N[C@@H](CCC(=O)O)C(=O)NCC(=O)N[C@@H](CCC(=O)O)C(=O)N[C@@H](CCC(=O)O)C(=O)O. The number of amides is 6. The average Bonchev–Trinajstić information content (AvgIpc) is 3.07. The number of carboxylic acid groups (broad SMARTS) is 6. The molecule has 25 nitrogen and oxygen atoms in total. The molecule has 14 N–H and O–H groups in total. The summed E-state index contributed by atoms with van der Waals surface area (Å²) in [6, 6.07) is -8.12. The topological polar surface area (TPSA) is 424 Å². The molecule has 25 heteroatoms. The van der Waals surface area contributed by atoms with E-state index in [-0.39, 0.29) is 6.42 Å². The molecule has 54 heavy (non-hydrogen) atoms. The number of nitrogens with one attached hydrogen (secondary N) is 6. The molecule has 0 radical (unpaired) electrons. The summed E-state index contributed by atoms with van der Waals surface area (Å²) in [5.41, 5.74) is 5.55. The van der Waals surface area contributed by atoms with E-state index in [1.807, 2.05) is 5.32 Å². The van der Waals surface area contributed by atoms with Crippen molar-refractivity contribution in [2.24, 2.45) is 5.73 Å². The number of hydrogen-bond donors (Lipinski definition) is 13. The lowest BCUT2D eigenvalue weighted by Crippen LogP contribution is -2.56. The van der Waals surface area contributed by atoms with Gasteiger partial charge in [0.2, 0.25) is 35.4 Å². The van der Waals surface area contributed by atoms with Gasteiger partial charge in [-0.3, -0.25) is 52.7 Å². The Morgan fingerprint density at radius 3 is 1.04 bits per heavy atom. The summed E-state index contributed by atoms with van der Waals surface area (Å²) in [6.45, 7) is -1.76. The normalized spacial score (nSPS) is 13.3. The molecule has 0 spiro atoms. The molecule has 0 bridgehead atoms. The fraction of sp³-hybridized carbons (Fsp3) is 0.586. The molecule has 5 atom stereocenters. The molecule has 0 aromatic carbocycles. The van der Waals surface area contributed by atoms with E-state index in [1.54, 1.807) is 0 Å². The molecule has 0 aliphatic carbocycles. The Labute approximate surface area is 304 Å². The molecular weight excluding hydrogens is 734 g/mol. The van der Waals surface area contributed by atoms with Gasteiger partial charge in [-0.1, -0.05) is 0 Å². The first kappa shape index (κ1) is 47.6. The number of nitrogens with two attached hydrogens (primary N) is 1. The van der Waals surface area contributed by atoms with Gasteiger partial charge < -0.3 is 68.3 Å². The summed E-state index contributed by atoms with van der Waals surface area (Å²) in [5, 5.41) is 66.5. The third-order valence-corrected chi connectivity index (χ3v) is 6.99. The highest BCUT2D eigenvalue weighted by Crippen LogP contribution is 2.05. The molecule has 0 aromatic heterocycles. The summed E-state index contributed by atoms with van der Waals surface area (Å²) < 4.78 is 0. The standard InChI is InChI=1S/C29H43N7O18/c30-13(1-6-20(39)40)25(49)31-11-18(37)33-15(3-8-22(43)44)27(51)35-14(2-7-21(41)42)26(50)32-12-19(38)34-16(4-9-23(45)46)28(52)36-17(29(53)54)5-10-24(47)48/h13-17H,1-12,30H2,(H,31,49)(H,32,50)(H,33,37)(H,34,38)(H,35,51)(H,36,52)(H,39,40)(H,41,42)(H,43,44)(H,45,46)(H,47,48)(H,53,54)/t13-,14-,15-,16-,17-/m0/s1. The number of aliphatic carboxylic acids is 6. The van der Waals surface area contributed by atoms with Crippen LogP contribution in [-0.4, -0.2) is 145 Å². The zero-order chi connectivity index (χ0) is 41.5. The second-order valence-corrected chi connectivity index (χ2v) is 11.4. The summed E-state index contributed by atoms with van der Waals surface area (Å²) in [5.74, 6) is -15.1. The molecule has 0 unspecified atom stereocenters. The van der Waals surface area contributed by atoms with Crippen molar-refractivity contribution in [3.8, 4) is 0 Å². The highest BCUT2D eigenvalue weighted by atomic mass is 16.4. The predicted octanol–water partition coefficient (Wildman–Crippen LogP) is -5.11. The van der Waals surface area contributed by atoms with E-state index < -0.39 is 172 Å². The van der Waals surface area contributed by atoms with Crippen LogP contribution in [0.5, 0.6) is 0 Å². The number of rotatable bonds is 28. The zero-order valence-electron chi connectivity index (χ0n) is 28.5. The summed E-state index contributed by atoms with van der Waals surface area (Å²) in [6.07, 6.45) is -5.79. The first-order valence-corrected chi connectivity index (χ1v) is 15.9. The third-order valence-electron chi connectivity index (χ3n) is 6.99. The Bertz CT molecular complexity index is 1440. The Balaban J connectivity index is 5.73. The van der Waals surface area contributed by atoms with Crippen LogP contribution in [0, 0.1) is 0 Å². The van der Waals surface area contributed by atoms with Gasteiger partial charge in [-0.15, -0.1) is 0 Å². The molecule has 0 rings (SSSR count). The Morgan fingerprint density at radius 1 is 0.389 bits per heavy atom. The van der Waals surface area contributed by atoms with E-state index >= 15 is 0 Å². The molecule has 0 aliphatic rings. The van der Waals surface area contributed by atoms with E-state index in [0.29, 0.717) is 0 Å². The van der Waals surface area contributed by atoms with E-state index in [4.69, 9.17) is 31.3 Å². The van der Waals surface area contributed by atoms with Crippen LogP contribution in [0.2, 0.25) is 0 Å². The van der Waals surface area contributed by atoms with Crippen molar-refractivity contribution in [2.45, 2.75) is 94.4 Å². The van der Waals surface area contributed by atoms with Crippen LogP contribution in [0.25, 0.3) is 0 Å². The van der Waals surface area contributed by atoms with Crippen molar-refractivity contribution in [3.05, 3.63) is 0 Å². The molecule has 0 saturated carbocycles. The van der Waals surface area contributed by atoms with E-state index in [2.05, 4.69) is 26.6 Å².